The Morgan fingerprint density at radius 1 is 1.03 bits per heavy atom. The van der Waals surface area contributed by atoms with Gasteiger partial charge in [-0.2, -0.15) is 5.10 Å². The van der Waals surface area contributed by atoms with E-state index in [0.717, 1.165) is 5.56 Å². The lowest BCUT2D eigenvalue weighted by atomic mass is 10.0. The summed E-state index contributed by atoms with van der Waals surface area (Å²) in [7, 11) is 1.31. The third-order valence-corrected chi connectivity index (χ3v) is 4.74. The van der Waals surface area contributed by atoms with Crippen LogP contribution in [0.5, 0.6) is 0 Å². The number of carbonyl (C=O) groups excluding carboxylic acids is 1. The second-order valence-electron chi connectivity index (χ2n) is 6.23. The number of nitrogens with zero attached hydrogens (tertiary/aromatic N) is 2. The number of esters is 1. The number of nitrogens with one attached hydrogen (secondary N) is 1. The summed E-state index contributed by atoms with van der Waals surface area (Å²) in [6, 6.07) is 15.0. The van der Waals surface area contributed by atoms with E-state index in [-0.39, 0.29) is 11.2 Å². The summed E-state index contributed by atoms with van der Waals surface area (Å²) >= 11 is 5.94. The van der Waals surface area contributed by atoms with Crippen LogP contribution in [0.15, 0.2) is 54.6 Å². The third kappa shape index (κ3) is 3.43. The third-order valence-electron chi connectivity index (χ3n) is 4.49. The molecule has 0 aliphatic carbocycles. The van der Waals surface area contributed by atoms with Gasteiger partial charge in [0.2, 0.25) is 0 Å². The Hall–Kier alpha value is -3.71. The molecular formula is C21H14ClN3O4. The smallest absolute Gasteiger partial charge is 0.337 e. The van der Waals surface area contributed by atoms with Crippen molar-refractivity contribution < 1.29 is 19.4 Å². The van der Waals surface area contributed by atoms with Crippen LogP contribution in [-0.4, -0.2) is 39.3 Å². The van der Waals surface area contributed by atoms with E-state index in [2.05, 4.69) is 19.9 Å². The van der Waals surface area contributed by atoms with Gasteiger partial charge in [-0.1, -0.05) is 35.9 Å². The van der Waals surface area contributed by atoms with E-state index >= 15 is 0 Å². The van der Waals surface area contributed by atoms with E-state index in [0.29, 0.717) is 32.9 Å². The van der Waals surface area contributed by atoms with Crippen LogP contribution in [0.2, 0.25) is 5.02 Å². The first-order chi connectivity index (χ1) is 14.0. The highest BCUT2D eigenvalue weighted by Gasteiger charge is 2.20. The van der Waals surface area contributed by atoms with Crippen molar-refractivity contribution in [3.63, 3.8) is 0 Å². The quantitative estimate of drug-likeness (QED) is 0.485. The van der Waals surface area contributed by atoms with Gasteiger partial charge in [-0.05, 0) is 30.3 Å². The number of rotatable bonds is 4. The summed E-state index contributed by atoms with van der Waals surface area (Å²) in [4.78, 5) is 28.1. The summed E-state index contributed by atoms with van der Waals surface area (Å²) < 4.78 is 4.69. The Bertz CT molecular complexity index is 1230. The highest BCUT2D eigenvalue weighted by molar-refractivity contribution is 6.30. The van der Waals surface area contributed by atoms with E-state index in [4.69, 9.17) is 11.6 Å². The van der Waals surface area contributed by atoms with Gasteiger partial charge in [-0.3, -0.25) is 5.10 Å². The molecule has 2 heterocycles. The predicted octanol–water partition coefficient (Wildman–Crippen LogP) is 4.43. The average molecular weight is 408 g/mol. The maximum Gasteiger partial charge on any atom is 0.337 e. The number of hydrogen-bond acceptors (Lipinski definition) is 5. The van der Waals surface area contributed by atoms with Gasteiger partial charge in [0, 0.05) is 16.1 Å². The molecule has 4 aromatic rings. The van der Waals surface area contributed by atoms with Crippen LogP contribution in [0.3, 0.4) is 0 Å². The molecule has 0 bridgehead atoms. The number of hydrogen-bond donors (Lipinski definition) is 2. The number of aromatic nitrogens is 3. The molecule has 0 aliphatic heterocycles. The standard InChI is InChI=1S/C21H14ClN3O4/c1-29-21(28)13-4-2-11(3-5-13)16-10-15(20(26)27)17-18(24-25-19(17)23-16)12-6-8-14(22)9-7-12/h2-10H,1H3,(H,26,27)(H,23,24,25). The predicted molar refractivity (Wildman–Crippen MR) is 108 cm³/mol. The number of fused-ring (bicyclic) bond motifs is 1. The van der Waals surface area contributed by atoms with E-state index in [1.165, 1.54) is 13.2 Å². The molecule has 0 amide bonds. The molecule has 29 heavy (non-hydrogen) atoms. The van der Waals surface area contributed by atoms with Gasteiger partial charge in [0.15, 0.2) is 5.65 Å². The van der Waals surface area contributed by atoms with Crippen LogP contribution in [0.25, 0.3) is 33.5 Å². The first-order valence-corrected chi connectivity index (χ1v) is 8.93. The number of pyridine rings is 1. The van der Waals surface area contributed by atoms with Gasteiger partial charge >= 0.3 is 11.9 Å². The first-order valence-electron chi connectivity index (χ1n) is 8.55. The molecular weight excluding hydrogens is 394 g/mol. The normalized spacial score (nSPS) is 10.8. The number of carboxylic acids is 1. The van der Waals surface area contributed by atoms with Crippen LogP contribution < -0.4 is 0 Å². The minimum Gasteiger partial charge on any atom is -0.478 e. The molecule has 0 atom stereocenters. The fraction of sp³-hybridized carbons (Fsp3) is 0.0476. The maximum absolute atomic E-state index is 12.0. The lowest BCUT2D eigenvalue weighted by Gasteiger charge is -2.06. The molecule has 0 unspecified atom stereocenters. The summed E-state index contributed by atoms with van der Waals surface area (Å²) in [5.74, 6) is -1.55. The zero-order chi connectivity index (χ0) is 20.5. The largest absolute Gasteiger partial charge is 0.478 e. The van der Waals surface area contributed by atoms with Gasteiger partial charge in [0.25, 0.3) is 0 Å². The van der Waals surface area contributed by atoms with Gasteiger partial charge in [-0.15, -0.1) is 0 Å². The Morgan fingerprint density at radius 3 is 2.31 bits per heavy atom. The average Bonchev–Trinajstić information content (AvgIpc) is 3.17. The van der Waals surface area contributed by atoms with Crippen molar-refractivity contribution in [3.8, 4) is 22.5 Å². The zero-order valence-corrected chi connectivity index (χ0v) is 15.9. The molecule has 0 saturated carbocycles. The summed E-state index contributed by atoms with van der Waals surface area (Å²) in [5, 5.41) is 17.8. The Morgan fingerprint density at radius 2 is 1.69 bits per heavy atom. The lowest BCUT2D eigenvalue weighted by molar-refractivity contribution is 0.0600. The Labute approximate surface area is 169 Å². The number of benzene rings is 2. The van der Waals surface area contributed by atoms with E-state index in [1.807, 2.05) is 0 Å². The molecule has 7 nitrogen and oxygen atoms in total. The number of aromatic amines is 1. The second kappa shape index (κ2) is 7.37. The molecule has 2 aromatic carbocycles. The molecule has 0 spiro atoms. The van der Waals surface area contributed by atoms with Crippen molar-refractivity contribution in [2.75, 3.05) is 7.11 Å². The second-order valence-corrected chi connectivity index (χ2v) is 6.67. The molecule has 0 fully saturated rings. The number of halogens is 1. The van der Waals surface area contributed by atoms with Crippen molar-refractivity contribution >= 4 is 34.6 Å². The molecule has 0 aliphatic rings. The van der Waals surface area contributed by atoms with Gasteiger partial charge in [-0.25, -0.2) is 14.6 Å². The van der Waals surface area contributed by atoms with Gasteiger partial charge in [0.05, 0.1) is 35.0 Å². The number of carboxylic acid groups (broad SMARTS) is 1. The molecule has 0 saturated heterocycles. The topological polar surface area (TPSA) is 105 Å². The lowest BCUT2D eigenvalue weighted by Crippen LogP contribution is -2.02. The van der Waals surface area contributed by atoms with E-state index in [9.17, 15) is 14.7 Å². The van der Waals surface area contributed by atoms with Crippen LogP contribution in [0.4, 0.5) is 0 Å². The van der Waals surface area contributed by atoms with Gasteiger partial charge < -0.3 is 9.84 Å². The summed E-state index contributed by atoms with van der Waals surface area (Å²) in [6.45, 7) is 0. The van der Waals surface area contributed by atoms with Crippen LogP contribution in [-0.2, 0) is 4.74 Å². The number of ether oxygens (including phenoxy) is 1. The fourth-order valence-corrected chi connectivity index (χ4v) is 3.19. The summed E-state index contributed by atoms with van der Waals surface area (Å²) in [6.07, 6.45) is 0. The Kier molecular flexibility index (Phi) is 4.74. The van der Waals surface area contributed by atoms with Crippen molar-refractivity contribution in [3.05, 3.63) is 70.7 Å². The van der Waals surface area contributed by atoms with Crippen molar-refractivity contribution in [1.29, 1.82) is 0 Å². The molecule has 2 N–H and O–H groups in total. The maximum atomic E-state index is 12.0. The molecule has 2 aromatic heterocycles. The molecule has 144 valence electrons. The van der Waals surface area contributed by atoms with Crippen molar-refractivity contribution in [1.82, 2.24) is 15.2 Å². The highest BCUT2D eigenvalue weighted by Crippen LogP contribution is 2.32. The molecule has 4 rings (SSSR count). The monoisotopic (exact) mass is 407 g/mol. The minimum absolute atomic E-state index is 0.0701. The number of carbonyl (C=O) groups is 2. The van der Waals surface area contributed by atoms with Crippen LogP contribution in [0.1, 0.15) is 20.7 Å². The SMILES string of the molecule is COC(=O)c1ccc(-c2cc(C(=O)O)c3c(-c4ccc(Cl)cc4)[nH]nc3n2)cc1. The van der Waals surface area contributed by atoms with E-state index < -0.39 is 11.9 Å². The van der Waals surface area contributed by atoms with Gasteiger partial charge in [0.1, 0.15) is 0 Å². The van der Waals surface area contributed by atoms with Crippen LogP contribution >= 0.6 is 11.6 Å². The Balaban J connectivity index is 1.85. The highest BCUT2D eigenvalue weighted by atomic mass is 35.5. The number of methoxy groups -OCH3 is 1. The minimum atomic E-state index is -1.10. The number of H-pyrrole nitrogens is 1. The number of aromatic carboxylic acids is 1. The zero-order valence-electron chi connectivity index (χ0n) is 15.1. The molecule has 8 heteroatoms. The van der Waals surface area contributed by atoms with E-state index in [1.54, 1.807) is 48.5 Å². The van der Waals surface area contributed by atoms with Crippen LogP contribution in [0, 0.1) is 0 Å². The van der Waals surface area contributed by atoms with Crippen molar-refractivity contribution in [2.24, 2.45) is 0 Å². The fourth-order valence-electron chi connectivity index (χ4n) is 3.06. The molecule has 0 radical (unpaired) electrons. The van der Waals surface area contributed by atoms with Crippen molar-refractivity contribution in [2.45, 2.75) is 0 Å². The first kappa shape index (κ1) is 18.6. The summed E-state index contributed by atoms with van der Waals surface area (Å²) in [5.41, 5.74) is 3.12.